The van der Waals surface area contributed by atoms with Gasteiger partial charge in [0.1, 0.15) is 11.5 Å². The van der Waals surface area contributed by atoms with Gasteiger partial charge in [0.05, 0.1) is 6.61 Å². The largest absolute Gasteiger partial charge is 0.505 e. The van der Waals surface area contributed by atoms with E-state index in [1.54, 1.807) is 30.3 Å². The number of amides is 1. The van der Waals surface area contributed by atoms with E-state index in [2.05, 4.69) is 10.3 Å². The first-order valence-corrected chi connectivity index (χ1v) is 6.39. The van der Waals surface area contributed by atoms with Crippen molar-refractivity contribution in [3.63, 3.8) is 0 Å². The summed E-state index contributed by atoms with van der Waals surface area (Å²) in [6, 6.07) is 10.0. The number of anilines is 1. The molecule has 0 aliphatic rings. The van der Waals surface area contributed by atoms with Crippen molar-refractivity contribution in [2.24, 2.45) is 0 Å². The zero-order chi connectivity index (χ0) is 14.4. The SMILES string of the molecule is CCCOc1ccc(NC(=O)c2ncccc2O)cc1. The van der Waals surface area contributed by atoms with Crippen LogP contribution < -0.4 is 10.1 Å². The Morgan fingerprint density at radius 2 is 2.05 bits per heavy atom. The van der Waals surface area contributed by atoms with Gasteiger partial charge in [-0.05, 0) is 42.8 Å². The highest BCUT2D eigenvalue weighted by molar-refractivity contribution is 6.04. The van der Waals surface area contributed by atoms with Crippen molar-refractivity contribution < 1.29 is 14.6 Å². The van der Waals surface area contributed by atoms with Crippen molar-refractivity contribution in [1.82, 2.24) is 4.98 Å². The summed E-state index contributed by atoms with van der Waals surface area (Å²) in [4.78, 5) is 15.8. The average Bonchev–Trinajstić information content (AvgIpc) is 2.47. The fraction of sp³-hybridized carbons (Fsp3) is 0.200. The van der Waals surface area contributed by atoms with Crippen LogP contribution in [0.3, 0.4) is 0 Å². The summed E-state index contributed by atoms with van der Waals surface area (Å²) in [6.45, 7) is 2.70. The second-order valence-electron chi connectivity index (χ2n) is 4.20. The Kier molecular flexibility index (Phi) is 4.55. The van der Waals surface area contributed by atoms with Gasteiger partial charge in [-0.3, -0.25) is 4.79 Å². The Bertz CT molecular complexity index is 582. The van der Waals surface area contributed by atoms with Gasteiger partial charge in [-0.1, -0.05) is 6.92 Å². The van der Waals surface area contributed by atoms with E-state index in [1.165, 1.54) is 12.3 Å². The number of aromatic nitrogens is 1. The molecule has 5 nitrogen and oxygen atoms in total. The molecule has 0 saturated heterocycles. The van der Waals surface area contributed by atoms with Crippen LogP contribution in [0.1, 0.15) is 23.8 Å². The molecule has 0 saturated carbocycles. The van der Waals surface area contributed by atoms with E-state index < -0.39 is 5.91 Å². The van der Waals surface area contributed by atoms with Crippen molar-refractivity contribution in [3.05, 3.63) is 48.3 Å². The van der Waals surface area contributed by atoms with Crippen molar-refractivity contribution in [1.29, 1.82) is 0 Å². The Labute approximate surface area is 117 Å². The second-order valence-corrected chi connectivity index (χ2v) is 4.20. The van der Waals surface area contributed by atoms with Crippen LogP contribution in [0.25, 0.3) is 0 Å². The number of aromatic hydroxyl groups is 1. The number of hydrogen-bond donors (Lipinski definition) is 2. The zero-order valence-corrected chi connectivity index (χ0v) is 11.2. The van der Waals surface area contributed by atoms with Gasteiger partial charge in [-0.15, -0.1) is 0 Å². The van der Waals surface area contributed by atoms with Crippen LogP contribution >= 0.6 is 0 Å². The number of pyridine rings is 1. The predicted molar refractivity (Wildman–Crippen MR) is 76.1 cm³/mol. The maximum Gasteiger partial charge on any atom is 0.278 e. The number of nitrogens with one attached hydrogen (secondary N) is 1. The molecular formula is C15H16N2O3. The topological polar surface area (TPSA) is 71.5 Å². The minimum absolute atomic E-state index is 0.00110. The summed E-state index contributed by atoms with van der Waals surface area (Å²) in [5, 5.41) is 12.2. The first kappa shape index (κ1) is 13.9. The number of hydrogen-bond acceptors (Lipinski definition) is 4. The van der Waals surface area contributed by atoms with Gasteiger partial charge >= 0.3 is 0 Å². The number of benzene rings is 1. The third-order valence-corrected chi connectivity index (χ3v) is 2.59. The monoisotopic (exact) mass is 272 g/mol. The molecule has 0 atom stereocenters. The van der Waals surface area contributed by atoms with Gasteiger partial charge in [-0.2, -0.15) is 0 Å². The number of ether oxygens (including phenoxy) is 1. The van der Waals surface area contributed by atoms with E-state index in [9.17, 15) is 9.90 Å². The summed E-state index contributed by atoms with van der Waals surface area (Å²) >= 11 is 0. The lowest BCUT2D eigenvalue weighted by molar-refractivity contribution is 0.101. The molecule has 0 aliphatic carbocycles. The van der Waals surface area contributed by atoms with E-state index >= 15 is 0 Å². The number of carbonyl (C=O) groups is 1. The summed E-state index contributed by atoms with van der Waals surface area (Å²) < 4.78 is 5.45. The standard InChI is InChI=1S/C15H16N2O3/c1-2-10-20-12-7-5-11(6-8-12)17-15(19)14-13(18)4-3-9-16-14/h3-9,18H,2,10H2,1H3,(H,17,19). The third kappa shape index (κ3) is 3.47. The highest BCUT2D eigenvalue weighted by atomic mass is 16.5. The molecule has 0 aliphatic heterocycles. The molecule has 0 unspecified atom stereocenters. The molecule has 2 aromatic rings. The fourth-order valence-corrected chi connectivity index (χ4v) is 1.62. The molecule has 0 spiro atoms. The van der Waals surface area contributed by atoms with E-state index in [0.29, 0.717) is 12.3 Å². The quantitative estimate of drug-likeness (QED) is 0.878. The molecule has 20 heavy (non-hydrogen) atoms. The van der Waals surface area contributed by atoms with Crippen LogP contribution in [0.5, 0.6) is 11.5 Å². The smallest absolute Gasteiger partial charge is 0.278 e. The van der Waals surface area contributed by atoms with Crippen LogP contribution in [0.2, 0.25) is 0 Å². The molecule has 2 N–H and O–H groups in total. The highest BCUT2D eigenvalue weighted by Crippen LogP contribution is 2.18. The molecule has 0 bridgehead atoms. The average molecular weight is 272 g/mol. The summed E-state index contributed by atoms with van der Waals surface area (Å²) in [5.74, 6) is 0.156. The molecular weight excluding hydrogens is 256 g/mol. The van der Waals surface area contributed by atoms with Crippen LogP contribution in [-0.4, -0.2) is 22.6 Å². The number of rotatable bonds is 5. The number of carbonyl (C=O) groups excluding carboxylic acids is 1. The summed E-state index contributed by atoms with van der Waals surface area (Å²) in [7, 11) is 0. The first-order valence-electron chi connectivity index (χ1n) is 6.39. The minimum atomic E-state index is -0.453. The molecule has 1 aromatic heterocycles. The van der Waals surface area contributed by atoms with Gasteiger partial charge in [0, 0.05) is 11.9 Å². The number of nitrogens with zero attached hydrogens (tertiary/aromatic N) is 1. The molecule has 0 radical (unpaired) electrons. The van der Waals surface area contributed by atoms with E-state index in [1.807, 2.05) is 6.92 Å². The molecule has 5 heteroatoms. The van der Waals surface area contributed by atoms with Crippen LogP contribution in [-0.2, 0) is 0 Å². The Hall–Kier alpha value is -2.56. The van der Waals surface area contributed by atoms with Crippen molar-refractivity contribution >= 4 is 11.6 Å². The van der Waals surface area contributed by atoms with E-state index in [0.717, 1.165) is 12.2 Å². The van der Waals surface area contributed by atoms with Crippen molar-refractivity contribution in [2.75, 3.05) is 11.9 Å². The van der Waals surface area contributed by atoms with Gasteiger partial charge in [0.15, 0.2) is 5.69 Å². The highest BCUT2D eigenvalue weighted by Gasteiger charge is 2.12. The van der Waals surface area contributed by atoms with E-state index in [4.69, 9.17) is 4.74 Å². The molecule has 0 fully saturated rings. The lowest BCUT2D eigenvalue weighted by Gasteiger charge is -2.08. The first-order chi connectivity index (χ1) is 9.70. The normalized spacial score (nSPS) is 10.1. The van der Waals surface area contributed by atoms with Gasteiger partial charge in [0.2, 0.25) is 0 Å². The lowest BCUT2D eigenvalue weighted by Crippen LogP contribution is -2.13. The molecule has 104 valence electrons. The maximum absolute atomic E-state index is 11.9. The Morgan fingerprint density at radius 3 is 2.70 bits per heavy atom. The van der Waals surface area contributed by atoms with Gasteiger partial charge < -0.3 is 15.2 Å². The van der Waals surface area contributed by atoms with Crippen LogP contribution in [0.15, 0.2) is 42.6 Å². The summed E-state index contributed by atoms with van der Waals surface area (Å²) in [6.07, 6.45) is 2.40. The third-order valence-electron chi connectivity index (χ3n) is 2.59. The maximum atomic E-state index is 11.9. The molecule has 2 rings (SSSR count). The Balaban J connectivity index is 2.03. The van der Waals surface area contributed by atoms with Crippen molar-refractivity contribution in [2.45, 2.75) is 13.3 Å². The molecule has 1 amide bonds. The Morgan fingerprint density at radius 1 is 1.30 bits per heavy atom. The predicted octanol–water partition coefficient (Wildman–Crippen LogP) is 2.83. The fourth-order valence-electron chi connectivity index (χ4n) is 1.62. The second kappa shape index (κ2) is 6.56. The van der Waals surface area contributed by atoms with Gasteiger partial charge in [-0.25, -0.2) is 4.98 Å². The van der Waals surface area contributed by atoms with Gasteiger partial charge in [0.25, 0.3) is 5.91 Å². The molecule has 1 aromatic carbocycles. The van der Waals surface area contributed by atoms with E-state index in [-0.39, 0.29) is 11.4 Å². The zero-order valence-electron chi connectivity index (χ0n) is 11.2. The lowest BCUT2D eigenvalue weighted by atomic mass is 10.2. The minimum Gasteiger partial charge on any atom is -0.505 e. The summed E-state index contributed by atoms with van der Waals surface area (Å²) in [5.41, 5.74) is 0.614. The van der Waals surface area contributed by atoms with Crippen LogP contribution in [0.4, 0.5) is 5.69 Å². The van der Waals surface area contributed by atoms with Crippen LogP contribution in [0, 0.1) is 0 Å². The molecule has 1 heterocycles. The van der Waals surface area contributed by atoms with Crippen molar-refractivity contribution in [3.8, 4) is 11.5 Å².